The van der Waals surface area contributed by atoms with Gasteiger partial charge in [-0.2, -0.15) is 0 Å². The average Bonchev–Trinajstić information content (AvgIpc) is 2.98. The van der Waals surface area contributed by atoms with Crippen molar-refractivity contribution in [3.8, 4) is 17.1 Å². The maximum atomic E-state index is 5.17. The first kappa shape index (κ1) is 12.1. The lowest BCUT2D eigenvalue weighted by atomic mass is 9.95. The van der Waals surface area contributed by atoms with E-state index in [-0.39, 0.29) is 0 Å². The van der Waals surface area contributed by atoms with Crippen molar-refractivity contribution in [3.63, 3.8) is 0 Å². The van der Waals surface area contributed by atoms with Gasteiger partial charge in [0.1, 0.15) is 5.75 Å². The lowest BCUT2D eigenvalue weighted by Gasteiger charge is -2.22. The van der Waals surface area contributed by atoms with E-state index in [2.05, 4.69) is 15.5 Å². The molecule has 1 heterocycles. The number of hydrogen-bond acceptors (Lipinski definition) is 4. The molecule has 0 unspecified atom stereocenters. The average molecular weight is 258 g/mol. The highest BCUT2D eigenvalue weighted by atomic mass is 16.5. The molecule has 0 bridgehead atoms. The van der Waals surface area contributed by atoms with Gasteiger partial charge >= 0.3 is 0 Å². The van der Waals surface area contributed by atoms with Gasteiger partial charge in [0.05, 0.1) is 13.2 Å². The Kier molecular flexibility index (Phi) is 3.44. The van der Waals surface area contributed by atoms with Gasteiger partial charge in [0.25, 0.3) is 0 Å². The summed E-state index contributed by atoms with van der Waals surface area (Å²) in [6, 6.07) is 8.33. The number of benzene rings is 1. The second-order valence-corrected chi connectivity index (χ2v) is 4.97. The lowest BCUT2D eigenvalue weighted by molar-refractivity contribution is 0.327. The minimum absolute atomic E-state index is 0.445. The molecule has 1 aliphatic rings. The summed E-state index contributed by atoms with van der Waals surface area (Å²) in [4.78, 5) is 0. The fourth-order valence-electron chi connectivity index (χ4n) is 2.70. The standard InChI is InChI=1S/C14H18N4O/c1-19-13-9-7-11(8-10-13)14-15-16-17-18(14)12-5-3-2-4-6-12/h7-10,12H,2-6H2,1H3. The summed E-state index contributed by atoms with van der Waals surface area (Å²) in [5, 5.41) is 12.2. The summed E-state index contributed by atoms with van der Waals surface area (Å²) in [6.45, 7) is 0. The van der Waals surface area contributed by atoms with E-state index in [1.165, 1.54) is 32.1 Å². The van der Waals surface area contributed by atoms with Gasteiger partial charge in [-0.15, -0.1) is 5.10 Å². The van der Waals surface area contributed by atoms with Crippen LogP contribution in [0.3, 0.4) is 0 Å². The number of ether oxygens (including phenoxy) is 1. The minimum atomic E-state index is 0.445. The molecule has 5 heteroatoms. The number of hydrogen-bond donors (Lipinski definition) is 0. The Morgan fingerprint density at radius 2 is 1.84 bits per heavy atom. The van der Waals surface area contributed by atoms with E-state index < -0.39 is 0 Å². The quantitative estimate of drug-likeness (QED) is 0.849. The zero-order valence-electron chi connectivity index (χ0n) is 11.1. The Labute approximate surface area is 112 Å². The SMILES string of the molecule is COc1ccc(-c2nnnn2C2CCCCC2)cc1. The topological polar surface area (TPSA) is 52.8 Å². The second kappa shape index (κ2) is 5.38. The molecule has 19 heavy (non-hydrogen) atoms. The summed E-state index contributed by atoms with van der Waals surface area (Å²) >= 11 is 0. The van der Waals surface area contributed by atoms with Gasteiger partial charge in [-0.25, -0.2) is 4.68 Å². The zero-order chi connectivity index (χ0) is 13.1. The maximum Gasteiger partial charge on any atom is 0.182 e. The van der Waals surface area contributed by atoms with Crippen LogP contribution in [0.5, 0.6) is 5.75 Å². The molecule has 2 aromatic rings. The number of tetrazole rings is 1. The molecule has 3 rings (SSSR count). The van der Waals surface area contributed by atoms with Gasteiger partial charge in [0.15, 0.2) is 5.82 Å². The fraction of sp³-hybridized carbons (Fsp3) is 0.500. The Morgan fingerprint density at radius 1 is 1.11 bits per heavy atom. The van der Waals surface area contributed by atoms with Crippen molar-refractivity contribution in [2.45, 2.75) is 38.1 Å². The fourth-order valence-corrected chi connectivity index (χ4v) is 2.70. The highest BCUT2D eigenvalue weighted by molar-refractivity contribution is 5.55. The molecule has 5 nitrogen and oxygen atoms in total. The van der Waals surface area contributed by atoms with Crippen LogP contribution < -0.4 is 4.74 Å². The predicted molar refractivity (Wildman–Crippen MR) is 71.9 cm³/mol. The van der Waals surface area contributed by atoms with Gasteiger partial charge in [-0.3, -0.25) is 0 Å². The van der Waals surface area contributed by atoms with Crippen molar-refractivity contribution in [2.24, 2.45) is 0 Å². The van der Waals surface area contributed by atoms with Crippen molar-refractivity contribution in [1.29, 1.82) is 0 Å². The molecule has 0 amide bonds. The molecule has 100 valence electrons. The number of methoxy groups -OCH3 is 1. The molecule has 0 atom stereocenters. The van der Waals surface area contributed by atoms with Crippen molar-refractivity contribution >= 4 is 0 Å². The van der Waals surface area contributed by atoms with Crippen molar-refractivity contribution in [3.05, 3.63) is 24.3 Å². The first-order valence-corrected chi connectivity index (χ1v) is 6.81. The third-order valence-corrected chi connectivity index (χ3v) is 3.76. The number of aromatic nitrogens is 4. The van der Waals surface area contributed by atoms with Gasteiger partial charge in [-0.1, -0.05) is 19.3 Å². The summed E-state index contributed by atoms with van der Waals surface area (Å²) in [6.07, 6.45) is 6.22. The van der Waals surface area contributed by atoms with E-state index in [1.54, 1.807) is 7.11 Å². The van der Waals surface area contributed by atoms with Gasteiger partial charge < -0.3 is 4.74 Å². The normalized spacial score (nSPS) is 16.5. The monoisotopic (exact) mass is 258 g/mol. The second-order valence-electron chi connectivity index (χ2n) is 4.97. The minimum Gasteiger partial charge on any atom is -0.497 e. The zero-order valence-corrected chi connectivity index (χ0v) is 11.1. The van der Waals surface area contributed by atoms with Gasteiger partial charge in [0, 0.05) is 5.56 Å². The van der Waals surface area contributed by atoms with E-state index in [9.17, 15) is 0 Å². The van der Waals surface area contributed by atoms with Crippen LogP contribution in [0.1, 0.15) is 38.1 Å². The molecule has 1 aliphatic carbocycles. The largest absolute Gasteiger partial charge is 0.497 e. The van der Waals surface area contributed by atoms with Crippen LogP contribution in [0, 0.1) is 0 Å². The summed E-state index contributed by atoms with van der Waals surface area (Å²) in [5.74, 6) is 1.70. The Morgan fingerprint density at radius 3 is 2.53 bits per heavy atom. The van der Waals surface area contributed by atoms with E-state index >= 15 is 0 Å². The molecular weight excluding hydrogens is 240 g/mol. The molecule has 0 saturated heterocycles. The molecule has 1 fully saturated rings. The highest BCUT2D eigenvalue weighted by Gasteiger charge is 2.20. The Bertz CT molecular complexity index is 529. The van der Waals surface area contributed by atoms with Gasteiger partial charge in [-0.05, 0) is 47.5 Å². The first-order chi connectivity index (χ1) is 9.38. The molecule has 1 aromatic carbocycles. The summed E-state index contributed by atoms with van der Waals surface area (Å²) in [5.41, 5.74) is 1.04. The highest BCUT2D eigenvalue weighted by Crippen LogP contribution is 2.30. The van der Waals surface area contributed by atoms with Crippen LogP contribution in [0.4, 0.5) is 0 Å². The summed E-state index contributed by atoms with van der Waals surface area (Å²) < 4.78 is 7.16. The molecule has 0 N–H and O–H groups in total. The van der Waals surface area contributed by atoms with Crippen LogP contribution in [0.25, 0.3) is 11.4 Å². The van der Waals surface area contributed by atoms with Crippen LogP contribution in [0.15, 0.2) is 24.3 Å². The summed E-state index contributed by atoms with van der Waals surface area (Å²) in [7, 11) is 1.67. The van der Waals surface area contributed by atoms with Crippen molar-refractivity contribution in [1.82, 2.24) is 20.2 Å². The maximum absolute atomic E-state index is 5.17. The molecule has 0 radical (unpaired) electrons. The van der Waals surface area contributed by atoms with Crippen LogP contribution >= 0.6 is 0 Å². The predicted octanol–water partition coefficient (Wildman–Crippen LogP) is 2.85. The third-order valence-electron chi connectivity index (χ3n) is 3.76. The van der Waals surface area contributed by atoms with Crippen LogP contribution in [0.2, 0.25) is 0 Å². The smallest absolute Gasteiger partial charge is 0.182 e. The molecule has 1 saturated carbocycles. The number of nitrogens with zero attached hydrogens (tertiary/aromatic N) is 4. The molecule has 1 aromatic heterocycles. The Hall–Kier alpha value is -1.91. The van der Waals surface area contributed by atoms with Crippen LogP contribution in [-0.2, 0) is 0 Å². The number of rotatable bonds is 3. The lowest BCUT2D eigenvalue weighted by Crippen LogP contribution is -2.15. The van der Waals surface area contributed by atoms with Gasteiger partial charge in [0.2, 0.25) is 0 Å². The van der Waals surface area contributed by atoms with Crippen molar-refractivity contribution < 1.29 is 4.74 Å². The Balaban J connectivity index is 1.89. The van der Waals surface area contributed by atoms with E-state index in [1.807, 2.05) is 28.9 Å². The van der Waals surface area contributed by atoms with Crippen molar-refractivity contribution in [2.75, 3.05) is 7.11 Å². The van der Waals surface area contributed by atoms with E-state index in [4.69, 9.17) is 4.74 Å². The third kappa shape index (κ3) is 2.45. The van der Waals surface area contributed by atoms with E-state index in [0.717, 1.165) is 17.1 Å². The molecular formula is C14H18N4O. The van der Waals surface area contributed by atoms with E-state index in [0.29, 0.717) is 6.04 Å². The molecule has 0 aliphatic heterocycles. The first-order valence-electron chi connectivity index (χ1n) is 6.81. The molecule has 0 spiro atoms. The van der Waals surface area contributed by atoms with Crippen LogP contribution in [-0.4, -0.2) is 27.3 Å².